The summed E-state index contributed by atoms with van der Waals surface area (Å²) in [5, 5.41) is 9.04. The van der Waals surface area contributed by atoms with Crippen molar-refractivity contribution in [2.75, 3.05) is 13.1 Å². The second-order valence-electron chi connectivity index (χ2n) is 7.46. The van der Waals surface area contributed by atoms with Gasteiger partial charge in [0.2, 0.25) is 15.9 Å². The molecule has 30 heavy (non-hydrogen) atoms. The van der Waals surface area contributed by atoms with Crippen LogP contribution in [0.5, 0.6) is 0 Å². The molecule has 0 saturated carbocycles. The van der Waals surface area contributed by atoms with Gasteiger partial charge in [0.25, 0.3) is 0 Å². The third kappa shape index (κ3) is 5.19. The molecule has 2 aromatic heterocycles. The van der Waals surface area contributed by atoms with Gasteiger partial charge in [-0.2, -0.15) is 9.98 Å². The first-order valence-corrected chi connectivity index (χ1v) is 11.6. The topological polar surface area (TPSA) is 108 Å². The summed E-state index contributed by atoms with van der Waals surface area (Å²) in [4.78, 5) is 18.5. The predicted octanol–water partition coefficient (Wildman–Crippen LogP) is 2.40. The fourth-order valence-corrected chi connectivity index (χ4v) is 5.16. The zero-order valence-corrected chi connectivity index (χ0v) is 18.2. The molecule has 1 amide bonds. The molecule has 0 aromatic carbocycles. The SMILES string of the molecule is CC1CCN(C(=O)C(CCn2cccc2C#N)NS(=O)(=O)c2cccnc2Cl)CC1. The third-order valence-electron chi connectivity index (χ3n) is 5.31. The number of nitrogens with one attached hydrogen (secondary N) is 1. The average Bonchev–Trinajstić information content (AvgIpc) is 3.19. The lowest BCUT2D eigenvalue weighted by molar-refractivity contribution is -0.134. The minimum atomic E-state index is -4.06. The van der Waals surface area contributed by atoms with E-state index in [1.54, 1.807) is 27.8 Å². The molecule has 1 aliphatic rings. The first-order valence-electron chi connectivity index (χ1n) is 9.78. The van der Waals surface area contributed by atoms with E-state index in [9.17, 15) is 18.5 Å². The lowest BCUT2D eigenvalue weighted by Crippen LogP contribution is -2.51. The van der Waals surface area contributed by atoms with Crippen molar-refractivity contribution in [1.82, 2.24) is 19.2 Å². The molecule has 10 heteroatoms. The Labute approximate surface area is 181 Å². The number of hydrogen-bond donors (Lipinski definition) is 1. The molecule has 1 N–H and O–H groups in total. The van der Waals surface area contributed by atoms with Crippen LogP contribution < -0.4 is 4.72 Å². The number of amides is 1. The number of rotatable bonds is 7. The maximum Gasteiger partial charge on any atom is 0.244 e. The number of nitrogens with zero attached hydrogens (tertiary/aromatic N) is 4. The Morgan fingerprint density at radius 3 is 2.77 bits per heavy atom. The molecule has 0 spiro atoms. The van der Waals surface area contributed by atoms with Gasteiger partial charge in [-0.25, -0.2) is 13.4 Å². The van der Waals surface area contributed by atoms with Crippen LogP contribution in [-0.2, 0) is 21.4 Å². The van der Waals surface area contributed by atoms with Gasteiger partial charge in [0.15, 0.2) is 0 Å². The van der Waals surface area contributed by atoms with Crippen LogP contribution in [0, 0.1) is 17.2 Å². The number of likely N-dealkylation sites (tertiary alicyclic amines) is 1. The van der Waals surface area contributed by atoms with Gasteiger partial charge in [-0.3, -0.25) is 4.79 Å². The zero-order valence-electron chi connectivity index (χ0n) is 16.7. The molecule has 1 aliphatic heterocycles. The maximum atomic E-state index is 13.2. The number of piperidine rings is 1. The Morgan fingerprint density at radius 2 is 2.10 bits per heavy atom. The highest BCUT2D eigenvalue weighted by atomic mass is 35.5. The van der Waals surface area contributed by atoms with Crippen LogP contribution in [0.4, 0.5) is 0 Å². The van der Waals surface area contributed by atoms with Crippen molar-refractivity contribution in [2.24, 2.45) is 5.92 Å². The number of aryl methyl sites for hydroxylation is 1. The van der Waals surface area contributed by atoms with Crippen molar-refractivity contribution in [1.29, 1.82) is 5.26 Å². The second-order valence-corrected chi connectivity index (χ2v) is 9.50. The number of nitriles is 1. The molecule has 160 valence electrons. The highest BCUT2D eigenvalue weighted by molar-refractivity contribution is 7.89. The number of pyridine rings is 1. The van der Waals surface area contributed by atoms with Crippen molar-refractivity contribution in [3.63, 3.8) is 0 Å². The van der Waals surface area contributed by atoms with E-state index < -0.39 is 16.1 Å². The summed E-state index contributed by atoms with van der Waals surface area (Å²) in [5.74, 6) is 0.271. The summed E-state index contributed by atoms with van der Waals surface area (Å²) in [5.41, 5.74) is 0.450. The lowest BCUT2D eigenvalue weighted by Gasteiger charge is -2.33. The van der Waals surface area contributed by atoms with Gasteiger partial charge >= 0.3 is 0 Å². The van der Waals surface area contributed by atoms with Crippen molar-refractivity contribution in [3.8, 4) is 6.07 Å². The number of carbonyl (C=O) groups is 1. The molecule has 1 fully saturated rings. The first-order chi connectivity index (χ1) is 14.3. The molecule has 3 rings (SSSR count). The lowest BCUT2D eigenvalue weighted by atomic mass is 9.98. The molecule has 0 bridgehead atoms. The predicted molar refractivity (Wildman–Crippen MR) is 112 cm³/mol. The molecular formula is C20H24ClN5O3S. The number of halogens is 1. The van der Waals surface area contributed by atoms with Crippen LogP contribution in [0.1, 0.15) is 31.9 Å². The molecule has 8 nitrogen and oxygen atoms in total. The van der Waals surface area contributed by atoms with Gasteiger partial charge in [0.05, 0.1) is 0 Å². The van der Waals surface area contributed by atoms with Crippen LogP contribution in [0.2, 0.25) is 5.15 Å². The Morgan fingerprint density at radius 1 is 1.37 bits per heavy atom. The van der Waals surface area contributed by atoms with E-state index in [0.717, 1.165) is 12.8 Å². The van der Waals surface area contributed by atoms with Gasteiger partial charge in [0, 0.05) is 32.0 Å². The maximum absolute atomic E-state index is 13.2. The van der Waals surface area contributed by atoms with E-state index in [1.807, 2.05) is 0 Å². The Bertz CT molecular complexity index is 1040. The summed E-state index contributed by atoms with van der Waals surface area (Å²) in [6.07, 6.45) is 5.10. The minimum absolute atomic E-state index is 0.153. The average molecular weight is 450 g/mol. The molecule has 0 aliphatic carbocycles. The molecule has 3 heterocycles. The van der Waals surface area contributed by atoms with Gasteiger partial charge in [0.1, 0.15) is 27.9 Å². The quantitative estimate of drug-likeness (QED) is 0.653. The summed E-state index contributed by atoms with van der Waals surface area (Å²) in [6.45, 7) is 3.65. The highest BCUT2D eigenvalue weighted by Crippen LogP contribution is 2.21. The second kappa shape index (κ2) is 9.60. The Balaban J connectivity index is 1.82. The van der Waals surface area contributed by atoms with Gasteiger partial charge in [-0.1, -0.05) is 18.5 Å². The van der Waals surface area contributed by atoms with E-state index >= 15 is 0 Å². The summed E-state index contributed by atoms with van der Waals surface area (Å²) in [7, 11) is -4.06. The standard InChI is InChI=1S/C20H24ClN5O3S/c1-15-6-11-26(12-7-15)20(27)17(8-13-25-10-3-4-16(25)14-22)24-30(28,29)18-5-2-9-23-19(18)21/h2-5,9-10,15,17,24H,6-8,11-13H2,1H3. The fraction of sp³-hybridized carbons (Fsp3) is 0.450. The largest absolute Gasteiger partial charge is 0.341 e. The molecule has 1 saturated heterocycles. The fourth-order valence-electron chi connectivity index (χ4n) is 3.48. The van der Waals surface area contributed by atoms with Gasteiger partial charge in [-0.15, -0.1) is 0 Å². The van der Waals surface area contributed by atoms with Gasteiger partial charge in [-0.05, 0) is 49.4 Å². The van der Waals surface area contributed by atoms with Crippen LogP contribution in [0.3, 0.4) is 0 Å². The van der Waals surface area contributed by atoms with E-state index in [2.05, 4.69) is 22.7 Å². The summed E-state index contributed by atoms with van der Waals surface area (Å²) < 4.78 is 30.1. The smallest absolute Gasteiger partial charge is 0.244 e. The number of hydrogen-bond acceptors (Lipinski definition) is 5. The van der Waals surface area contributed by atoms with E-state index in [0.29, 0.717) is 31.2 Å². The van der Waals surface area contributed by atoms with Crippen LogP contribution in [0.25, 0.3) is 0 Å². The van der Waals surface area contributed by atoms with Crippen LogP contribution >= 0.6 is 11.6 Å². The van der Waals surface area contributed by atoms with Crippen LogP contribution in [-0.4, -0.2) is 47.9 Å². The Kier molecular flexibility index (Phi) is 7.13. The molecule has 2 aromatic rings. The molecular weight excluding hydrogens is 426 g/mol. The summed E-state index contributed by atoms with van der Waals surface area (Å²) in [6, 6.07) is 7.33. The Hall–Kier alpha value is -2.41. The van der Waals surface area contributed by atoms with Crippen molar-refractivity contribution in [3.05, 3.63) is 47.5 Å². The van der Waals surface area contributed by atoms with E-state index in [4.69, 9.17) is 11.6 Å². The van der Waals surface area contributed by atoms with E-state index in [-0.39, 0.29) is 22.4 Å². The molecule has 1 unspecified atom stereocenters. The number of carbonyl (C=O) groups excluding carboxylic acids is 1. The van der Waals surface area contributed by atoms with Gasteiger partial charge < -0.3 is 9.47 Å². The van der Waals surface area contributed by atoms with E-state index in [1.165, 1.54) is 18.3 Å². The van der Waals surface area contributed by atoms with Crippen molar-refractivity contribution in [2.45, 2.75) is 43.7 Å². The third-order valence-corrected chi connectivity index (χ3v) is 7.22. The zero-order chi connectivity index (χ0) is 21.7. The minimum Gasteiger partial charge on any atom is -0.341 e. The van der Waals surface area contributed by atoms with Crippen LogP contribution in [0.15, 0.2) is 41.6 Å². The number of aromatic nitrogens is 2. The number of sulfonamides is 1. The monoisotopic (exact) mass is 449 g/mol. The first kappa shape index (κ1) is 22.3. The molecule has 0 radical (unpaired) electrons. The molecule has 1 atom stereocenters. The highest BCUT2D eigenvalue weighted by Gasteiger charge is 2.31. The normalized spacial score (nSPS) is 16.2. The van der Waals surface area contributed by atoms with Crippen molar-refractivity contribution >= 4 is 27.5 Å². The summed E-state index contributed by atoms with van der Waals surface area (Å²) >= 11 is 5.97. The van der Waals surface area contributed by atoms with Crippen molar-refractivity contribution < 1.29 is 13.2 Å².